The summed E-state index contributed by atoms with van der Waals surface area (Å²) in [6.07, 6.45) is 5.49. The van der Waals surface area contributed by atoms with Crippen LogP contribution in [0.15, 0.2) is 30.5 Å². The van der Waals surface area contributed by atoms with E-state index in [2.05, 4.69) is 50.6 Å². The number of para-hydroxylation sites is 1. The summed E-state index contributed by atoms with van der Waals surface area (Å²) in [5.74, 6) is 0.311. The zero-order chi connectivity index (χ0) is 24.8. The van der Waals surface area contributed by atoms with Crippen LogP contribution in [0.5, 0.6) is 0 Å². The Kier molecular flexibility index (Phi) is 8.68. The fraction of sp³-hybridized carbons (Fsp3) is 0.630. The highest BCUT2D eigenvalue weighted by atomic mass is 16.5. The molecule has 1 aromatic heterocycles. The summed E-state index contributed by atoms with van der Waals surface area (Å²) in [7, 11) is 1.73. The monoisotopic (exact) mass is 484 g/mol. The third-order valence-corrected chi connectivity index (χ3v) is 6.80. The van der Waals surface area contributed by atoms with Crippen molar-refractivity contribution in [3.8, 4) is 0 Å². The third-order valence-electron chi connectivity index (χ3n) is 6.80. The molecule has 1 aromatic carbocycles. The first-order valence-corrected chi connectivity index (χ1v) is 13.0. The van der Waals surface area contributed by atoms with Gasteiger partial charge < -0.3 is 29.6 Å². The number of hydrogen-bond acceptors (Lipinski definition) is 5. The molecule has 2 aliphatic rings. The van der Waals surface area contributed by atoms with E-state index < -0.39 is 6.09 Å². The molecule has 8 heteroatoms. The van der Waals surface area contributed by atoms with Gasteiger partial charge in [-0.25, -0.2) is 4.79 Å². The Morgan fingerprint density at radius 3 is 2.77 bits per heavy atom. The topological polar surface area (TPSA) is 84.8 Å². The van der Waals surface area contributed by atoms with Gasteiger partial charge in [-0.3, -0.25) is 4.79 Å². The van der Waals surface area contributed by atoms with E-state index in [1.54, 1.807) is 7.11 Å². The number of rotatable bonds is 11. The van der Waals surface area contributed by atoms with Crippen molar-refractivity contribution in [2.75, 3.05) is 33.4 Å². The van der Waals surface area contributed by atoms with E-state index in [9.17, 15) is 9.59 Å². The van der Waals surface area contributed by atoms with Gasteiger partial charge in [-0.1, -0.05) is 32.0 Å². The molecule has 1 aliphatic carbocycles. The van der Waals surface area contributed by atoms with Crippen LogP contribution in [0.2, 0.25) is 0 Å². The number of ether oxygens (including phenoxy) is 2. The van der Waals surface area contributed by atoms with E-state index in [-0.39, 0.29) is 23.8 Å². The Morgan fingerprint density at radius 2 is 2.03 bits per heavy atom. The zero-order valence-corrected chi connectivity index (χ0v) is 21.3. The van der Waals surface area contributed by atoms with Crippen LogP contribution < -0.4 is 10.6 Å². The molecule has 0 spiro atoms. The first-order valence-electron chi connectivity index (χ1n) is 13.0. The van der Waals surface area contributed by atoms with Crippen molar-refractivity contribution in [3.63, 3.8) is 0 Å². The smallest absolute Gasteiger partial charge is 0.407 e. The van der Waals surface area contributed by atoms with E-state index >= 15 is 0 Å². The average molecular weight is 485 g/mol. The molecule has 2 fully saturated rings. The molecular formula is C27H40N4O4. The molecule has 2 aromatic rings. The SMILES string of the molecule is COCCCn1cc(CN(C(=O)[C@@H]2CNC[C@H](NC(=O)OCC(C)C)C2)C2CC2)c2ccccc21. The number of benzene rings is 1. The first-order chi connectivity index (χ1) is 17.0. The summed E-state index contributed by atoms with van der Waals surface area (Å²) in [5.41, 5.74) is 2.39. The number of methoxy groups -OCH3 is 1. The third kappa shape index (κ3) is 6.76. The van der Waals surface area contributed by atoms with Crippen molar-refractivity contribution >= 4 is 22.9 Å². The van der Waals surface area contributed by atoms with Gasteiger partial charge in [0, 0.05) is 69.1 Å². The Hall–Kier alpha value is -2.58. The van der Waals surface area contributed by atoms with Crippen molar-refractivity contribution in [3.05, 3.63) is 36.0 Å². The molecular weight excluding hydrogens is 444 g/mol. The van der Waals surface area contributed by atoms with Crippen molar-refractivity contribution in [1.29, 1.82) is 0 Å². The molecule has 192 valence electrons. The molecule has 4 rings (SSSR count). The van der Waals surface area contributed by atoms with Gasteiger partial charge in [-0.15, -0.1) is 0 Å². The molecule has 0 radical (unpaired) electrons. The number of carbonyl (C=O) groups is 2. The van der Waals surface area contributed by atoms with Gasteiger partial charge in [0.1, 0.15) is 0 Å². The highest BCUT2D eigenvalue weighted by molar-refractivity contribution is 5.85. The first kappa shape index (κ1) is 25.5. The molecule has 2 atom stereocenters. The highest BCUT2D eigenvalue weighted by Gasteiger charge is 2.38. The van der Waals surface area contributed by atoms with Gasteiger partial charge in [-0.2, -0.15) is 0 Å². The van der Waals surface area contributed by atoms with Crippen LogP contribution in [-0.2, 0) is 27.4 Å². The number of carbonyl (C=O) groups excluding carboxylic acids is 2. The molecule has 8 nitrogen and oxygen atoms in total. The molecule has 1 saturated heterocycles. The van der Waals surface area contributed by atoms with Crippen molar-refractivity contribution in [1.82, 2.24) is 20.1 Å². The minimum absolute atomic E-state index is 0.110. The quantitative estimate of drug-likeness (QED) is 0.477. The van der Waals surface area contributed by atoms with Crippen LogP contribution in [0.4, 0.5) is 4.79 Å². The largest absolute Gasteiger partial charge is 0.449 e. The van der Waals surface area contributed by atoms with E-state index in [0.717, 1.165) is 32.4 Å². The number of piperidine rings is 1. The maximum atomic E-state index is 13.7. The summed E-state index contributed by atoms with van der Waals surface area (Å²) in [6.45, 7) is 7.93. The standard InChI is InChI=1S/C27H40N4O4/c1-19(2)18-35-27(33)29-22-13-20(14-28-15-22)26(32)31(23-9-10-23)17-21-16-30(11-6-12-34-3)25-8-5-4-7-24(21)25/h4-5,7-8,16,19-20,22-23,28H,6,9-15,17-18H2,1-3H3,(H,29,33)/t20-,22+/m0/s1. The van der Waals surface area contributed by atoms with E-state index in [1.165, 1.54) is 16.5 Å². The Morgan fingerprint density at radius 1 is 1.23 bits per heavy atom. The van der Waals surface area contributed by atoms with Crippen LogP contribution in [0.25, 0.3) is 10.9 Å². The van der Waals surface area contributed by atoms with Gasteiger partial charge in [0.15, 0.2) is 0 Å². The molecule has 2 heterocycles. The number of aryl methyl sites for hydroxylation is 1. The summed E-state index contributed by atoms with van der Waals surface area (Å²) < 4.78 is 12.8. The summed E-state index contributed by atoms with van der Waals surface area (Å²) in [5, 5.41) is 7.49. The maximum Gasteiger partial charge on any atom is 0.407 e. The predicted octanol–water partition coefficient (Wildman–Crippen LogP) is 3.53. The van der Waals surface area contributed by atoms with Crippen molar-refractivity contribution in [2.24, 2.45) is 11.8 Å². The second-order valence-electron chi connectivity index (χ2n) is 10.3. The Balaban J connectivity index is 1.43. The van der Waals surface area contributed by atoms with Gasteiger partial charge >= 0.3 is 6.09 Å². The highest BCUT2D eigenvalue weighted by Crippen LogP contribution is 2.33. The van der Waals surface area contributed by atoms with Gasteiger partial charge in [0.25, 0.3) is 0 Å². The Bertz CT molecular complexity index is 1000. The van der Waals surface area contributed by atoms with E-state index in [0.29, 0.717) is 38.7 Å². The summed E-state index contributed by atoms with van der Waals surface area (Å²) in [6, 6.07) is 8.62. The Labute approximate surface area is 208 Å². The lowest BCUT2D eigenvalue weighted by molar-refractivity contribution is -0.137. The molecule has 1 aliphatic heterocycles. The van der Waals surface area contributed by atoms with Crippen molar-refractivity contribution < 1.29 is 19.1 Å². The molecule has 2 amide bonds. The lowest BCUT2D eigenvalue weighted by Gasteiger charge is -2.33. The predicted molar refractivity (Wildman–Crippen MR) is 136 cm³/mol. The second-order valence-corrected chi connectivity index (χ2v) is 10.3. The molecule has 0 bridgehead atoms. The molecule has 35 heavy (non-hydrogen) atoms. The number of alkyl carbamates (subject to hydrolysis) is 1. The zero-order valence-electron chi connectivity index (χ0n) is 21.3. The molecule has 0 unspecified atom stereocenters. The fourth-order valence-corrected chi connectivity index (χ4v) is 4.89. The van der Waals surface area contributed by atoms with E-state index in [1.807, 2.05) is 13.8 Å². The maximum absolute atomic E-state index is 13.7. The minimum atomic E-state index is -0.404. The van der Waals surface area contributed by atoms with Crippen LogP contribution in [0.3, 0.4) is 0 Å². The number of nitrogens with one attached hydrogen (secondary N) is 2. The van der Waals surface area contributed by atoms with Gasteiger partial charge in [0.05, 0.1) is 12.5 Å². The molecule has 1 saturated carbocycles. The van der Waals surface area contributed by atoms with Crippen LogP contribution in [0, 0.1) is 11.8 Å². The van der Waals surface area contributed by atoms with E-state index in [4.69, 9.17) is 9.47 Å². The minimum Gasteiger partial charge on any atom is -0.449 e. The van der Waals surface area contributed by atoms with Crippen LogP contribution in [-0.4, -0.2) is 67.0 Å². The molecule has 2 N–H and O–H groups in total. The average Bonchev–Trinajstić information content (AvgIpc) is 3.64. The summed E-state index contributed by atoms with van der Waals surface area (Å²) in [4.78, 5) is 27.9. The van der Waals surface area contributed by atoms with Gasteiger partial charge in [0.2, 0.25) is 5.91 Å². The fourth-order valence-electron chi connectivity index (χ4n) is 4.89. The second kappa shape index (κ2) is 11.9. The van der Waals surface area contributed by atoms with Crippen molar-refractivity contribution in [2.45, 2.75) is 64.7 Å². The number of fused-ring (bicyclic) bond motifs is 1. The number of aromatic nitrogens is 1. The van der Waals surface area contributed by atoms with Gasteiger partial charge in [-0.05, 0) is 43.2 Å². The number of nitrogens with zero attached hydrogens (tertiary/aromatic N) is 2. The normalized spacial score (nSPS) is 20.2. The number of amides is 2. The summed E-state index contributed by atoms with van der Waals surface area (Å²) >= 11 is 0. The number of hydrogen-bond donors (Lipinski definition) is 2. The lowest BCUT2D eigenvalue weighted by Crippen LogP contribution is -2.53. The lowest BCUT2D eigenvalue weighted by atomic mass is 9.94. The van der Waals surface area contributed by atoms with Crippen LogP contribution >= 0.6 is 0 Å². The van der Waals surface area contributed by atoms with Crippen LogP contribution in [0.1, 0.15) is 45.1 Å².